The van der Waals surface area contributed by atoms with E-state index in [9.17, 15) is 23.1 Å². The molecule has 3 aromatic rings. The minimum atomic E-state index is -4.60. The van der Waals surface area contributed by atoms with Crippen molar-refractivity contribution >= 4 is 28.5 Å². The van der Waals surface area contributed by atoms with Crippen molar-refractivity contribution in [2.45, 2.75) is 51.9 Å². The van der Waals surface area contributed by atoms with E-state index in [2.05, 4.69) is 16.0 Å². The number of aromatic amines is 1. The summed E-state index contributed by atoms with van der Waals surface area (Å²) in [5, 5.41) is 11.8. The van der Waals surface area contributed by atoms with Crippen molar-refractivity contribution in [1.29, 1.82) is 0 Å². The summed E-state index contributed by atoms with van der Waals surface area (Å²) in [4.78, 5) is 18.0. The number of aryl methyl sites for hydroxylation is 2. The number of nitrogens with one attached hydrogen (secondary N) is 1. The highest BCUT2D eigenvalue weighted by Gasteiger charge is 2.39. The zero-order chi connectivity index (χ0) is 25.5. The van der Waals surface area contributed by atoms with Crippen LogP contribution in [0, 0.1) is 13.8 Å². The largest absolute Gasteiger partial charge is 0.461 e. The predicted molar refractivity (Wildman–Crippen MR) is 129 cm³/mol. The Morgan fingerprint density at radius 2 is 1.89 bits per heavy atom. The number of carbonyl (C=O) groups is 1. The van der Waals surface area contributed by atoms with Crippen LogP contribution in [0.4, 0.5) is 13.2 Å². The van der Waals surface area contributed by atoms with Crippen LogP contribution in [0.1, 0.15) is 58.1 Å². The fourth-order valence-corrected chi connectivity index (χ4v) is 5.19. The zero-order valence-electron chi connectivity index (χ0n) is 19.9. The van der Waals surface area contributed by atoms with E-state index in [0.29, 0.717) is 25.3 Å². The molecule has 188 valence electrons. The number of piperidine rings is 1. The average molecular weight is 509 g/mol. The number of nitrogens with zero attached hydrogens (tertiary/aromatic N) is 1. The van der Waals surface area contributed by atoms with Gasteiger partial charge >= 0.3 is 12.1 Å². The molecule has 1 fully saturated rings. The number of benzene rings is 2. The molecule has 0 unspecified atom stereocenters. The van der Waals surface area contributed by atoms with Crippen LogP contribution < -0.4 is 0 Å². The standard InChI is InChI=1S/C26H28ClF3N2O3/c1-4-35-24(33)23-18(22-16(3)11-15(2)12-21(22)31-23)14-32-9-7-25(34,8-10-32)17-5-6-20(27)19(13-17)26(28,29)30/h5-6,11-13,31,34H,4,7-10,14H2,1-3H3. The summed E-state index contributed by atoms with van der Waals surface area (Å²) in [6.07, 6.45) is -4.10. The average Bonchev–Trinajstić information content (AvgIpc) is 3.13. The number of carbonyl (C=O) groups excluding carboxylic acids is 1. The van der Waals surface area contributed by atoms with Crippen LogP contribution >= 0.6 is 11.6 Å². The van der Waals surface area contributed by atoms with Gasteiger partial charge in [0.1, 0.15) is 5.69 Å². The number of esters is 1. The number of aliphatic hydroxyl groups is 1. The topological polar surface area (TPSA) is 65.6 Å². The van der Waals surface area contributed by atoms with Gasteiger partial charge in [0, 0.05) is 36.1 Å². The molecule has 9 heteroatoms. The normalized spacial score (nSPS) is 16.6. The molecule has 0 spiro atoms. The van der Waals surface area contributed by atoms with Crippen molar-refractivity contribution in [2.75, 3.05) is 19.7 Å². The molecule has 0 bridgehead atoms. The minimum Gasteiger partial charge on any atom is -0.461 e. The quantitative estimate of drug-likeness (QED) is 0.408. The fraction of sp³-hybridized carbons (Fsp3) is 0.423. The zero-order valence-corrected chi connectivity index (χ0v) is 20.6. The lowest BCUT2D eigenvalue weighted by atomic mass is 9.83. The molecule has 0 saturated carbocycles. The van der Waals surface area contributed by atoms with Crippen LogP contribution in [0.3, 0.4) is 0 Å². The first kappa shape index (κ1) is 25.5. The molecule has 0 aliphatic carbocycles. The summed E-state index contributed by atoms with van der Waals surface area (Å²) < 4.78 is 45.2. The Kier molecular flexibility index (Phi) is 6.92. The van der Waals surface area contributed by atoms with Crippen LogP contribution in [0.5, 0.6) is 0 Å². The first-order valence-electron chi connectivity index (χ1n) is 11.5. The SMILES string of the molecule is CCOC(=O)c1[nH]c2cc(C)cc(C)c2c1CN1CCC(O)(c2ccc(Cl)c(C(F)(F)F)c2)CC1. The van der Waals surface area contributed by atoms with Gasteiger partial charge in [0.2, 0.25) is 0 Å². The van der Waals surface area contributed by atoms with Gasteiger partial charge in [-0.3, -0.25) is 4.90 Å². The number of alkyl halides is 3. The summed E-state index contributed by atoms with van der Waals surface area (Å²) in [6, 6.07) is 7.64. The van der Waals surface area contributed by atoms with E-state index in [4.69, 9.17) is 16.3 Å². The van der Waals surface area contributed by atoms with Gasteiger partial charge in [-0.05, 0) is 68.5 Å². The molecule has 4 rings (SSSR count). The molecular formula is C26H28ClF3N2O3. The lowest BCUT2D eigenvalue weighted by molar-refractivity contribution is -0.137. The molecule has 1 aromatic heterocycles. The minimum absolute atomic E-state index is 0.208. The molecule has 2 heterocycles. The predicted octanol–water partition coefficient (Wildman–Crippen LogP) is 6.12. The highest BCUT2D eigenvalue weighted by atomic mass is 35.5. The van der Waals surface area contributed by atoms with E-state index < -0.39 is 28.3 Å². The van der Waals surface area contributed by atoms with Crippen molar-refractivity contribution in [3.8, 4) is 0 Å². The third-order valence-electron chi connectivity index (χ3n) is 6.70. The van der Waals surface area contributed by atoms with Crippen LogP contribution in [0.25, 0.3) is 10.9 Å². The molecule has 0 radical (unpaired) electrons. The van der Waals surface area contributed by atoms with Crippen LogP contribution in [-0.4, -0.2) is 40.7 Å². The van der Waals surface area contributed by atoms with Crippen LogP contribution in [-0.2, 0) is 23.1 Å². The number of H-pyrrole nitrogens is 1. The van der Waals surface area contributed by atoms with Gasteiger partial charge in [0.25, 0.3) is 0 Å². The highest BCUT2D eigenvalue weighted by molar-refractivity contribution is 6.31. The second-order valence-corrected chi connectivity index (χ2v) is 9.61. The molecule has 2 N–H and O–H groups in total. The monoisotopic (exact) mass is 508 g/mol. The molecule has 1 aliphatic heterocycles. The lowest BCUT2D eigenvalue weighted by Gasteiger charge is -2.39. The summed E-state index contributed by atoms with van der Waals surface area (Å²) >= 11 is 5.75. The Morgan fingerprint density at radius 1 is 1.20 bits per heavy atom. The summed E-state index contributed by atoms with van der Waals surface area (Å²) in [6.45, 7) is 7.33. The maximum absolute atomic E-state index is 13.3. The number of halogens is 4. The van der Waals surface area contributed by atoms with E-state index in [1.807, 2.05) is 19.9 Å². The van der Waals surface area contributed by atoms with Crippen LogP contribution in [0.2, 0.25) is 5.02 Å². The van der Waals surface area contributed by atoms with Gasteiger partial charge in [-0.1, -0.05) is 23.7 Å². The molecule has 35 heavy (non-hydrogen) atoms. The highest BCUT2D eigenvalue weighted by Crippen LogP contribution is 2.40. The second-order valence-electron chi connectivity index (χ2n) is 9.20. The third-order valence-corrected chi connectivity index (χ3v) is 7.03. The second kappa shape index (κ2) is 9.48. The molecule has 5 nitrogen and oxygen atoms in total. The number of ether oxygens (including phenoxy) is 1. The number of hydrogen-bond acceptors (Lipinski definition) is 4. The molecule has 2 aromatic carbocycles. The van der Waals surface area contributed by atoms with Gasteiger partial charge in [-0.2, -0.15) is 13.2 Å². The first-order valence-corrected chi connectivity index (χ1v) is 11.9. The van der Waals surface area contributed by atoms with Gasteiger partial charge < -0.3 is 14.8 Å². The smallest absolute Gasteiger partial charge is 0.417 e. The Balaban J connectivity index is 1.59. The van der Waals surface area contributed by atoms with E-state index in [1.54, 1.807) is 6.92 Å². The third kappa shape index (κ3) is 5.06. The number of aromatic nitrogens is 1. The summed E-state index contributed by atoms with van der Waals surface area (Å²) in [5.74, 6) is -0.426. The summed E-state index contributed by atoms with van der Waals surface area (Å²) in [7, 11) is 0. The van der Waals surface area contributed by atoms with E-state index in [0.717, 1.165) is 33.7 Å². The number of rotatable bonds is 5. The maximum atomic E-state index is 13.3. The van der Waals surface area contributed by atoms with Gasteiger partial charge in [0.15, 0.2) is 0 Å². The molecule has 0 amide bonds. The van der Waals surface area contributed by atoms with E-state index >= 15 is 0 Å². The molecule has 0 atom stereocenters. The van der Waals surface area contributed by atoms with Crippen molar-refractivity contribution < 1.29 is 27.8 Å². The lowest BCUT2D eigenvalue weighted by Crippen LogP contribution is -2.42. The van der Waals surface area contributed by atoms with Gasteiger partial charge in [0.05, 0.1) is 22.8 Å². The summed E-state index contributed by atoms with van der Waals surface area (Å²) in [5.41, 5.74) is 2.07. The Bertz CT molecular complexity index is 1260. The number of likely N-dealkylation sites (tertiary alicyclic amines) is 1. The Labute approximate surface area is 206 Å². The Hall–Kier alpha value is -2.55. The van der Waals surface area contributed by atoms with E-state index in [-0.39, 0.29) is 25.0 Å². The maximum Gasteiger partial charge on any atom is 0.417 e. The molecule has 1 saturated heterocycles. The fourth-order valence-electron chi connectivity index (χ4n) is 4.96. The Morgan fingerprint density at radius 3 is 2.51 bits per heavy atom. The number of hydrogen-bond donors (Lipinski definition) is 2. The first-order chi connectivity index (χ1) is 16.4. The number of fused-ring (bicyclic) bond motifs is 1. The molecular weight excluding hydrogens is 481 g/mol. The van der Waals surface area contributed by atoms with Gasteiger partial charge in [-0.25, -0.2) is 4.79 Å². The molecule has 1 aliphatic rings. The van der Waals surface area contributed by atoms with Gasteiger partial charge in [-0.15, -0.1) is 0 Å². The van der Waals surface area contributed by atoms with Crippen molar-refractivity contribution in [3.63, 3.8) is 0 Å². The van der Waals surface area contributed by atoms with Crippen LogP contribution in [0.15, 0.2) is 30.3 Å². The van der Waals surface area contributed by atoms with Crippen molar-refractivity contribution in [3.05, 3.63) is 68.9 Å². The van der Waals surface area contributed by atoms with E-state index in [1.165, 1.54) is 12.1 Å². The van der Waals surface area contributed by atoms with Crippen molar-refractivity contribution in [1.82, 2.24) is 9.88 Å². The van der Waals surface area contributed by atoms with Crippen molar-refractivity contribution in [2.24, 2.45) is 0 Å².